The molecule has 0 radical (unpaired) electrons. The van der Waals surface area contributed by atoms with Gasteiger partial charge >= 0.3 is 12.2 Å². The molecule has 5 rings (SSSR count). The minimum atomic E-state index is -4.83. The Morgan fingerprint density at radius 3 is 2.62 bits per heavy atom. The Bertz CT molecular complexity index is 1460. The zero-order chi connectivity index (χ0) is 26.6. The van der Waals surface area contributed by atoms with Crippen LogP contribution in [0.15, 0.2) is 42.5 Å². The van der Waals surface area contributed by atoms with Crippen molar-refractivity contribution in [3.8, 4) is 0 Å². The molecule has 0 aromatic heterocycles. The van der Waals surface area contributed by atoms with E-state index in [0.29, 0.717) is 63.2 Å². The van der Waals surface area contributed by atoms with Crippen molar-refractivity contribution in [1.82, 2.24) is 5.32 Å². The lowest BCUT2D eigenvalue weighted by Gasteiger charge is -2.35. The fourth-order valence-electron chi connectivity index (χ4n) is 4.91. The van der Waals surface area contributed by atoms with Crippen LogP contribution in [0, 0.1) is 5.82 Å². The minimum absolute atomic E-state index is 0.313. The second-order valence-corrected chi connectivity index (χ2v) is 9.59. The van der Waals surface area contributed by atoms with Crippen LogP contribution in [0.1, 0.15) is 44.2 Å². The van der Waals surface area contributed by atoms with Gasteiger partial charge in [-0.05, 0) is 60.0 Å². The fraction of sp³-hybridized carbons (Fsp3) is 0.200. The van der Waals surface area contributed by atoms with Gasteiger partial charge in [-0.3, -0.25) is 15.5 Å². The topological polar surface area (TPSA) is 87.5 Å². The van der Waals surface area contributed by atoms with Gasteiger partial charge in [-0.2, -0.15) is 13.2 Å². The molecule has 3 aromatic rings. The highest BCUT2D eigenvalue weighted by molar-refractivity contribution is 6.33. The molecule has 37 heavy (non-hydrogen) atoms. The lowest BCUT2D eigenvalue weighted by Crippen LogP contribution is -2.46. The van der Waals surface area contributed by atoms with Crippen LogP contribution in [0.3, 0.4) is 0 Å². The quantitative estimate of drug-likeness (QED) is 0.156. The SMILES string of the molecule is NNc1cc(CC(=O)c2cc(F)cc(C(F)(F)F)c2)c2c3c1CCN3C(=O)NC2c1cc(Cl)ccc1Cl. The lowest BCUT2D eigenvalue weighted by atomic mass is 9.86. The monoisotopic (exact) mass is 552 g/mol. The molecule has 6 nitrogen and oxygen atoms in total. The molecule has 3 aromatic carbocycles. The van der Waals surface area contributed by atoms with Gasteiger partial charge < -0.3 is 10.7 Å². The molecule has 0 aliphatic carbocycles. The standard InChI is InChI=1S/C25H18Cl2F4N4O2/c26-14-1-2-18(27)17(10-14)22-21-12(7-19(34-32)16-3-4-35(23(16)21)24(37)33-22)8-20(36)11-5-13(25(29,30)31)9-15(28)6-11/h1-2,5-7,9-10,22,34H,3-4,8,32H2,(H,33,37). The summed E-state index contributed by atoms with van der Waals surface area (Å²) in [5.74, 6) is 3.80. The number of carbonyl (C=O) groups is 2. The van der Waals surface area contributed by atoms with Gasteiger partial charge in [0.15, 0.2) is 5.78 Å². The van der Waals surface area contributed by atoms with E-state index in [1.165, 1.54) is 4.90 Å². The number of nitrogens with one attached hydrogen (secondary N) is 2. The number of urea groups is 1. The number of amides is 2. The smallest absolute Gasteiger partial charge is 0.327 e. The number of nitrogens with zero attached hydrogens (tertiary/aromatic N) is 1. The second kappa shape index (κ2) is 9.20. The Kier molecular flexibility index (Phi) is 6.29. The molecule has 2 aliphatic rings. The van der Waals surface area contributed by atoms with E-state index < -0.39 is 47.4 Å². The summed E-state index contributed by atoms with van der Waals surface area (Å²) in [6, 6.07) is 6.87. The van der Waals surface area contributed by atoms with E-state index in [1.807, 2.05) is 0 Å². The number of alkyl halides is 3. The zero-order valence-corrected chi connectivity index (χ0v) is 20.4. The van der Waals surface area contributed by atoms with Crippen LogP contribution in [-0.2, 0) is 19.0 Å². The number of anilines is 2. The highest BCUT2D eigenvalue weighted by Crippen LogP contribution is 2.47. The van der Waals surface area contributed by atoms with E-state index in [9.17, 15) is 27.2 Å². The first-order valence-corrected chi connectivity index (χ1v) is 11.8. The number of carbonyl (C=O) groups excluding carboxylic acids is 2. The van der Waals surface area contributed by atoms with Crippen LogP contribution >= 0.6 is 23.2 Å². The third kappa shape index (κ3) is 4.49. The number of hydrazine groups is 1. The van der Waals surface area contributed by atoms with E-state index >= 15 is 0 Å². The van der Waals surface area contributed by atoms with Gasteiger partial charge in [0.1, 0.15) is 5.82 Å². The maximum absolute atomic E-state index is 14.0. The molecule has 0 saturated carbocycles. The molecule has 0 spiro atoms. The number of nitrogen functional groups attached to an aromatic ring is 1. The van der Waals surface area contributed by atoms with E-state index in [2.05, 4.69) is 10.7 Å². The van der Waals surface area contributed by atoms with E-state index in [4.69, 9.17) is 29.0 Å². The van der Waals surface area contributed by atoms with Crippen molar-refractivity contribution < 1.29 is 27.2 Å². The van der Waals surface area contributed by atoms with Crippen molar-refractivity contribution in [2.75, 3.05) is 16.9 Å². The molecule has 1 atom stereocenters. The average molecular weight is 553 g/mol. The Morgan fingerprint density at radius 2 is 1.92 bits per heavy atom. The van der Waals surface area contributed by atoms with Gasteiger partial charge in [0, 0.05) is 39.7 Å². The number of benzene rings is 3. The van der Waals surface area contributed by atoms with Crippen molar-refractivity contribution in [2.24, 2.45) is 5.84 Å². The molecule has 4 N–H and O–H groups in total. The predicted octanol–water partition coefficient (Wildman–Crippen LogP) is 6.04. The van der Waals surface area contributed by atoms with Gasteiger partial charge in [0.2, 0.25) is 0 Å². The molecule has 192 valence electrons. The van der Waals surface area contributed by atoms with Crippen LogP contribution in [0.4, 0.5) is 33.7 Å². The number of rotatable bonds is 5. The molecule has 2 amide bonds. The Hall–Kier alpha value is -3.34. The third-order valence-electron chi connectivity index (χ3n) is 6.51. The summed E-state index contributed by atoms with van der Waals surface area (Å²) in [5, 5.41) is 3.57. The fourth-order valence-corrected chi connectivity index (χ4v) is 5.32. The summed E-state index contributed by atoms with van der Waals surface area (Å²) < 4.78 is 53.7. The summed E-state index contributed by atoms with van der Waals surface area (Å²) in [6.07, 6.45) is -4.73. The first-order chi connectivity index (χ1) is 17.5. The maximum atomic E-state index is 14.0. The molecule has 1 unspecified atom stereocenters. The summed E-state index contributed by atoms with van der Waals surface area (Å²) in [7, 11) is 0. The van der Waals surface area contributed by atoms with E-state index in [0.717, 1.165) is 11.6 Å². The molecule has 2 heterocycles. The molecule has 2 aliphatic heterocycles. The number of hydrogen-bond donors (Lipinski definition) is 3. The van der Waals surface area contributed by atoms with Crippen molar-refractivity contribution in [1.29, 1.82) is 0 Å². The van der Waals surface area contributed by atoms with Gasteiger partial charge in [0.25, 0.3) is 0 Å². The highest BCUT2D eigenvalue weighted by atomic mass is 35.5. The third-order valence-corrected chi connectivity index (χ3v) is 7.09. The minimum Gasteiger partial charge on any atom is -0.327 e. The van der Waals surface area contributed by atoms with Crippen LogP contribution < -0.4 is 21.5 Å². The first kappa shape index (κ1) is 25.3. The lowest BCUT2D eigenvalue weighted by molar-refractivity contribution is -0.137. The van der Waals surface area contributed by atoms with Crippen molar-refractivity contribution in [3.63, 3.8) is 0 Å². The summed E-state index contributed by atoms with van der Waals surface area (Å²) in [6.45, 7) is 0.356. The molecular formula is C25H18Cl2F4N4O2. The molecule has 0 bridgehead atoms. The number of Topliss-reactive ketones (excluding diaryl/α,β-unsaturated/α-hetero) is 1. The van der Waals surface area contributed by atoms with Gasteiger partial charge in [-0.25, -0.2) is 9.18 Å². The van der Waals surface area contributed by atoms with Crippen LogP contribution in [0.2, 0.25) is 10.0 Å². The van der Waals surface area contributed by atoms with E-state index in [1.54, 1.807) is 24.3 Å². The van der Waals surface area contributed by atoms with Crippen molar-refractivity contribution in [3.05, 3.63) is 91.7 Å². The second-order valence-electron chi connectivity index (χ2n) is 8.74. The molecule has 12 heteroatoms. The van der Waals surface area contributed by atoms with Crippen LogP contribution in [0.5, 0.6) is 0 Å². The molecular weight excluding hydrogens is 535 g/mol. The Morgan fingerprint density at radius 1 is 1.16 bits per heavy atom. The average Bonchev–Trinajstić information content (AvgIpc) is 3.28. The van der Waals surface area contributed by atoms with Crippen molar-refractivity contribution in [2.45, 2.75) is 25.1 Å². The van der Waals surface area contributed by atoms with Gasteiger partial charge in [-0.15, -0.1) is 0 Å². The maximum Gasteiger partial charge on any atom is 0.416 e. The van der Waals surface area contributed by atoms with Gasteiger partial charge in [-0.1, -0.05) is 23.2 Å². The Balaban J connectivity index is 1.67. The zero-order valence-electron chi connectivity index (χ0n) is 18.8. The number of nitrogens with two attached hydrogens (primary N) is 1. The number of ketones is 1. The summed E-state index contributed by atoms with van der Waals surface area (Å²) >= 11 is 12.7. The number of hydrogen-bond acceptors (Lipinski definition) is 4. The van der Waals surface area contributed by atoms with E-state index in [-0.39, 0.29) is 0 Å². The Labute approximate surface area is 218 Å². The summed E-state index contributed by atoms with van der Waals surface area (Å²) in [5.41, 5.74) is 4.02. The van der Waals surface area contributed by atoms with Crippen LogP contribution in [0.25, 0.3) is 0 Å². The highest BCUT2D eigenvalue weighted by Gasteiger charge is 2.40. The number of halogens is 6. The van der Waals surface area contributed by atoms with Gasteiger partial charge in [0.05, 0.1) is 23.0 Å². The largest absolute Gasteiger partial charge is 0.416 e. The summed E-state index contributed by atoms with van der Waals surface area (Å²) in [4.78, 5) is 27.7. The first-order valence-electron chi connectivity index (χ1n) is 11.1. The molecule has 0 saturated heterocycles. The normalized spacial score (nSPS) is 16.5. The van der Waals surface area contributed by atoms with Crippen molar-refractivity contribution >= 4 is 46.4 Å². The predicted molar refractivity (Wildman–Crippen MR) is 132 cm³/mol. The van der Waals surface area contributed by atoms with Crippen LogP contribution in [-0.4, -0.2) is 18.4 Å². The molecule has 0 fully saturated rings.